The highest BCUT2D eigenvalue weighted by atomic mass is 16.1. The molecule has 0 aliphatic heterocycles. The van der Waals surface area contributed by atoms with Crippen LogP contribution in [0.4, 0.5) is 5.69 Å². The third-order valence-corrected chi connectivity index (χ3v) is 3.12. The third-order valence-electron chi connectivity index (χ3n) is 3.12. The monoisotopic (exact) mass is 235 g/mol. The highest BCUT2D eigenvalue weighted by molar-refractivity contribution is 5.85. The summed E-state index contributed by atoms with van der Waals surface area (Å²) in [4.78, 5) is 13.4. The fourth-order valence-electron chi connectivity index (χ4n) is 1.65. The molecule has 0 saturated carbocycles. The molecule has 0 heterocycles. The van der Waals surface area contributed by atoms with Crippen molar-refractivity contribution in [1.82, 2.24) is 5.32 Å². The molecule has 0 bridgehead atoms. The molecule has 0 radical (unpaired) electrons. The number of benzene rings is 1. The van der Waals surface area contributed by atoms with E-state index in [1.54, 1.807) is 14.0 Å². The number of amides is 1. The summed E-state index contributed by atoms with van der Waals surface area (Å²) < 4.78 is 0. The minimum Gasteiger partial charge on any atom is -0.372 e. The Balaban J connectivity index is 2.81. The van der Waals surface area contributed by atoms with Gasteiger partial charge in [-0.1, -0.05) is 17.7 Å². The molecule has 1 amide bonds. The molecule has 0 fully saturated rings. The van der Waals surface area contributed by atoms with Crippen LogP contribution in [0.1, 0.15) is 12.5 Å². The molecule has 94 valence electrons. The van der Waals surface area contributed by atoms with Gasteiger partial charge in [0.2, 0.25) is 5.91 Å². The van der Waals surface area contributed by atoms with Crippen molar-refractivity contribution in [3.8, 4) is 0 Å². The zero-order chi connectivity index (χ0) is 13.1. The van der Waals surface area contributed by atoms with Crippen molar-refractivity contribution in [1.29, 1.82) is 0 Å². The molecule has 1 atom stereocenters. The number of rotatable bonds is 5. The van der Waals surface area contributed by atoms with Gasteiger partial charge in [-0.3, -0.25) is 4.79 Å². The Labute approximate surface area is 103 Å². The number of anilines is 1. The Morgan fingerprint density at radius 1 is 1.41 bits per heavy atom. The predicted octanol–water partition coefficient (Wildman–Crippen LogP) is 0.895. The van der Waals surface area contributed by atoms with Crippen molar-refractivity contribution >= 4 is 11.6 Å². The lowest BCUT2D eigenvalue weighted by Crippen LogP contribution is -2.58. The van der Waals surface area contributed by atoms with Gasteiger partial charge in [-0.15, -0.1) is 0 Å². The zero-order valence-corrected chi connectivity index (χ0v) is 10.9. The molecule has 0 saturated heterocycles. The standard InChI is InChI=1S/C13H21N3O/c1-10-5-7-11(8-6-10)16(4)9-13(2,15-3)12(14)17/h5-8,15H,9H2,1-4H3,(H2,14,17). The summed E-state index contributed by atoms with van der Waals surface area (Å²) in [6.07, 6.45) is 0. The first-order valence-corrected chi connectivity index (χ1v) is 5.65. The Morgan fingerprint density at radius 2 is 1.94 bits per heavy atom. The minimum atomic E-state index is -0.723. The number of aryl methyl sites for hydroxylation is 1. The lowest BCUT2D eigenvalue weighted by Gasteiger charge is -2.32. The second-order valence-corrected chi connectivity index (χ2v) is 4.64. The van der Waals surface area contributed by atoms with E-state index in [1.165, 1.54) is 5.56 Å². The molecule has 0 aliphatic rings. The number of hydrogen-bond donors (Lipinski definition) is 2. The summed E-state index contributed by atoms with van der Waals surface area (Å²) in [5, 5.41) is 2.97. The average molecular weight is 235 g/mol. The first-order valence-electron chi connectivity index (χ1n) is 5.65. The number of primary amides is 1. The maximum Gasteiger partial charge on any atom is 0.239 e. The quantitative estimate of drug-likeness (QED) is 0.797. The Hall–Kier alpha value is -1.55. The summed E-state index contributed by atoms with van der Waals surface area (Å²) in [5.74, 6) is -0.348. The van der Waals surface area contributed by atoms with Crippen LogP contribution in [-0.2, 0) is 4.79 Å². The van der Waals surface area contributed by atoms with E-state index < -0.39 is 5.54 Å². The highest BCUT2D eigenvalue weighted by Gasteiger charge is 2.30. The number of carbonyl (C=O) groups excluding carboxylic acids is 1. The minimum absolute atomic E-state index is 0.348. The third kappa shape index (κ3) is 3.20. The van der Waals surface area contributed by atoms with E-state index in [2.05, 4.69) is 5.32 Å². The number of hydrogen-bond acceptors (Lipinski definition) is 3. The van der Waals surface area contributed by atoms with Crippen molar-refractivity contribution in [3.05, 3.63) is 29.8 Å². The van der Waals surface area contributed by atoms with Gasteiger partial charge in [0.25, 0.3) is 0 Å². The highest BCUT2D eigenvalue weighted by Crippen LogP contribution is 2.16. The predicted molar refractivity (Wildman–Crippen MR) is 71.1 cm³/mol. The average Bonchev–Trinajstić information content (AvgIpc) is 2.29. The van der Waals surface area contributed by atoms with Crippen molar-refractivity contribution < 1.29 is 4.79 Å². The largest absolute Gasteiger partial charge is 0.372 e. The van der Waals surface area contributed by atoms with Crippen LogP contribution in [0.3, 0.4) is 0 Å². The summed E-state index contributed by atoms with van der Waals surface area (Å²) >= 11 is 0. The van der Waals surface area contributed by atoms with E-state index in [9.17, 15) is 4.79 Å². The molecule has 1 aromatic rings. The van der Waals surface area contributed by atoms with Crippen LogP contribution in [-0.4, -0.2) is 32.1 Å². The van der Waals surface area contributed by atoms with Crippen molar-refractivity contribution in [2.24, 2.45) is 5.73 Å². The normalized spacial score (nSPS) is 14.1. The summed E-state index contributed by atoms with van der Waals surface area (Å²) in [6, 6.07) is 8.17. The molecule has 1 aromatic carbocycles. The molecule has 0 spiro atoms. The van der Waals surface area contributed by atoms with Gasteiger partial charge in [-0.2, -0.15) is 0 Å². The molecule has 1 unspecified atom stereocenters. The number of nitrogens with zero attached hydrogens (tertiary/aromatic N) is 1. The van der Waals surface area contributed by atoms with Crippen LogP contribution in [0.2, 0.25) is 0 Å². The molecule has 3 N–H and O–H groups in total. The molecule has 0 aliphatic carbocycles. The van der Waals surface area contributed by atoms with E-state index >= 15 is 0 Å². The van der Waals surface area contributed by atoms with Crippen LogP contribution in [0.25, 0.3) is 0 Å². The number of nitrogens with two attached hydrogens (primary N) is 1. The fourth-order valence-corrected chi connectivity index (χ4v) is 1.65. The lowest BCUT2D eigenvalue weighted by atomic mass is 10.0. The molecule has 1 rings (SSSR count). The summed E-state index contributed by atoms with van der Waals surface area (Å²) in [6.45, 7) is 4.38. The second kappa shape index (κ2) is 5.19. The Morgan fingerprint density at radius 3 is 2.35 bits per heavy atom. The van der Waals surface area contributed by atoms with Crippen LogP contribution in [0, 0.1) is 6.92 Å². The molecule has 17 heavy (non-hydrogen) atoms. The lowest BCUT2D eigenvalue weighted by molar-refractivity contribution is -0.123. The van der Waals surface area contributed by atoms with Gasteiger partial charge in [0.15, 0.2) is 0 Å². The summed E-state index contributed by atoms with van der Waals surface area (Å²) in [5.41, 5.74) is 6.97. The topological polar surface area (TPSA) is 58.4 Å². The van der Waals surface area contributed by atoms with Crippen molar-refractivity contribution in [2.75, 3.05) is 25.5 Å². The number of likely N-dealkylation sites (N-methyl/N-ethyl adjacent to an activating group) is 2. The van der Waals surface area contributed by atoms with E-state index in [4.69, 9.17) is 5.73 Å². The maximum absolute atomic E-state index is 11.4. The molecule has 4 nitrogen and oxygen atoms in total. The summed E-state index contributed by atoms with van der Waals surface area (Å²) in [7, 11) is 3.69. The first kappa shape index (κ1) is 13.5. The molecule has 0 aromatic heterocycles. The number of nitrogens with one attached hydrogen (secondary N) is 1. The van der Waals surface area contributed by atoms with Gasteiger partial charge in [0.05, 0.1) is 0 Å². The Kier molecular flexibility index (Phi) is 4.12. The van der Waals surface area contributed by atoms with Gasteiger partial charge in [-0.25, -0.2) is 0 Å². The van der Waals surface area contributed by atoms with E-state index in [0.29, 0.717) is 6.54 Å². The smallest absolute Gasteiger partial charge is 0.239 e. The van der Waals surface area contributed by atoms with Gasteiger partial charge >= 0.3 is 0 Å². The zero-order valence-electron chi connectivity index (χ0n) is 10.9. The molecular formula is C13H21N3O. The van der Waals surface area contributed by atoms with E-state index in [-0.39, 0.29) is 5.91 Å². The van der Waals surface area contributed by atoms with Gasteiger partial charge in [0, 0.05) is 19.3 Å². The van der Waals surface area contributed by atoms with E-state index in [1.807, 2.05) is 43.1 Å². The first-order chi connectivity index (χ1) is 7.89. The van der Waals surface area contributed by atoms with Gasteiger partial charge in [-0.05, 0) is 33.0 Å². The fraction of sp³-hybridized carbons (Fsp3) is 0.462. The SMILES string of the molecule is CNC(C)(CN(C)c1ccc(C)cc1)C(N)=O. The van der Waals surface area contributed by atoms with Crippen LogP contribution in [0.5, 0.6) is 0 Å². The molecular weight excluding hydrogens is 214 g/mol. The molecule has 4 heteroatoms. The van der Waals surface area contributed by atoms with E-state index in [0.717, 1.165) is 5.69 Å². The Bertz CT molecular complexity index is 388. The van der Waals surface area contributed by atoms with Gasteiger partial charge < -0.3 is 16.0 Å². The number of carbonyl (C=O) groups is 1. The second-order valence-electron chi connectivity index (χ2n) is 4.64. The maximum atomic E-state index is 11.4. The van der Waals surface area contributed by atoms with Gasteiger partial charge in [0.1, 0.15) is 5.54 Å². The van der Waals surface area contributed by atoms with Crippen LogP contribution in [0.15, 0.2) is 24.3 Å². The van der Waals surface area contributed by atoms with Crippen molar-refractivity contribution in [2.45, 2.75) is 19.4 Å². The van der Waals surface area contributed by atoms with Crippen LogP contribution < -0.4 is 16.0 Å². The van der Waals surface area contributed by atoms with Crippen LogP contribution >= 0.6 is 0 Å². The van der Waals surface area contributed by atoms with Crippen molar-refractivity contribution in [3.63, 3.8) is 0 Å².